The molecule has 0 saturated carbocycles. The Balaban J connectivity index is 4.23. The van der Waals surface area contributed by atoms with E-state index in [1.165, 1.54) is 0 Å². The minimum Gasteiger partial charge on any atom is -0.386 e. The van der Waals surface area contributed by atoms with Crippen molar-refractivity contribution in [3.63, 3.8) is 0 Å². The first kappa shape index (κ1) is 9.54. The maximum Gasteiger partial charge on any atom is 0.456 e. The van der Waals surface area contributed by atoms with Crippen LogP contribution in [0.25, 0.3) is 0 Å². The molecule has 0 aromatic carbocycles. The van der Waals surface area contributed by atoms with E-state index in [0.717, 1.165) is 0 Å². The highest BCUT2D eigenvalue weighted by Crippen LogP contribution is 2.37. The fraction of sp³-hybridized carbons (Fsp3) is 0.500. The van der Waals surface area contributed by atoms with Crippen molar-refractivity contribution in [1.82, 2.24) is 4.83 Å². The number of nitrogens with zero attached hydrogens (tertiary/aromatic N) is 1. The molecule has 0 radical (unpaired) electrons. The Morgan fingerprint density at radius 2 is 1.90 bits per heavy atom. The minimum absolute atomic E-state index is 0.812. The molecule has 0 rings (SSSR count). The van der Waals surface area contributed by atoms with Gasteiger partial charge in [0, 0.05) is 0 Å². The molecule has 1 amide bonds. The van der Waals surface area contributed by atoms with Gasteiger partial charge in [0.15, 0.2) is 0 Å². The van der Waals surface area contributed by atoms with E-state index in [2.05, 4.69) is 0 Å². The predicted molar refractivity (Wildman–Crippen MR) is 27.8 cm³/mol. The van der Waals surface area contributed by atoms with Gasteiger partial charge >= 0.3 is 7.75 Å². The number of hydroxylamine groups is 1. The Morgan fingerprint density at radius 3 is 2.00 bits per heavy atom. The van der Waals surface area contributed by atoms with Gasteiger partial charge in [-0.05, 0) is 0 Å². The predicted octanol–water partition coefficient (Wildman–Crippen LogP) is -1.71. The van der Waals surface area contributed by atoms with Crippen LogP contribution in [0.4, 0.5) is 0 Å². The van der Waals surface area contributed by atoms with E-state index in [4.69, 9.17) is 20.1 Å². The van der Waals surface area contributed by atoms with Gasteiger partial charge in [-0.15, -0.1) is 4.83 Å². The highest BCUT2D eigenvalue weighted by Gasteiger charge is 2.28. The van der Waals surface area contributed by atoms with E-state index in [1.54, 1.807) is 0 Å². The van der Waals surface area contributed by atoms with Crippen LogP contribution in [0.15, 0.2) is 0 Å². The number of carbonyl (C=O) groups is 1. The highest BCUT2D eigenvalue weighted by atomic mass is 31.2. The summed E-state index contributed by atoms with van der Waals surface area (Å²) in [6.45, 7) is -1.15. The standard InChI is InChI=1S/C2H6NO6P/c4-1-2(5)3(6)10(7,8)9/h4,6H,1H2,(H2,7,8,9). The van der Waals surface area contributed by atoms with Gasteiger partial charge in [-0.3, -0.25) is 10.0 Å². The van der Waals surface area contributed by atoms with Crippen molar-refractivity contribution < 1.29 is 29.5 Å². The monoisotopic (exact) mass is 171 g/mol. The molecule has 0 aliphatic heterocycles. The van der Waals surface area contributed by atoms with E-state index < -0.39 is 25.1 Å². The summed E-state index contributed by atoms with van der Waals surface area (Å²) in [6, 6.07) is 0. The lowest BCUT2D eigenvalue weighted by atomic mass is 10.7. The van der Waals surface area contributed by atoms with E-state index in [1.807, 2.05) is 0 Å². The molecule has 10 heavy (non-hydrogen) atoms. The highest BCUT2D eigenvalue weighted by molar-refractivity contribution is 7.49. The Hall–Kier alpha value is -0.460. The van der Waals surface area contributed by atoms with Crippen molar-refractivity contribution in [2.45, 2.75) is 0 Å². The largest absolute Gasteiger partial charge is 0.456 e. The first-order chi connectivity index (χ1) is 4.39. The second kappa shape index (κ2) is 3.09. The van der Waals surface area contributed by atoms with Crippen molar-refractivity contribution >= 4 is 13.7 Å². The molecule has 8 heteroatoms. The van der Waals surface area contributed by atoms with Crippen LogP contribution in [0.5, 0.6) is 0 Å². The van der Waals surface area contributed by atoms with Gasteiger partial charge in [0.1, 0.15) is 6.61 Å². The summed E-state index contributed by atoms with van der Waals surface area (Å²) in [7, 11) is -4.95. The van der Waals surface area contributed by atoms with Crippen LogP contribution in [0.2, 0.25) is 0 Å². The zero-order valence-electron chi connectivity index (χ0n) is 4.71. The molecule has 0 aromatic rings. The van der Waals surface area contributed by atoms with Crippen LogP contribution in [0.3, 0.4) is 0 Å². The Morgan fingerprint density at radius 1 is 1.50 bits per heavy atom. The van der Waals surface area contributed by atoms with Crippen molar-refractivity contribution in [3.05, 3.63) is 0 Å². The molecular formula is C2H6NO6P. The lowest BCUT2D eigenvalue weighted by molar-refractivity contribution is -0.152. The summed E-state index contributed by atoms with van der Waals surface area (Å²) in [4.78, 5) is 25.4. The first-order valence-corrected chi connectivity index (χ1v) is 3.65. The van der Waals surface area contributed by atoms with Crippen molar-refractivity contribution in [1.29, 1.82) is 0 Å². The number of amides is 1. The molecule has 0 aromatic heterocycles. The molecule has 0 heterocycles. The number of carbonyl (C=O) groups excluding carboxylic acids is 1. The van der Waals surface area contributed by atoms with Gasteiger partial charge in [-0.25, -0.2) is 4.57 Å². The quantitative estimate of drug-likeness (QED) is 0.223. The fourth-order valence-corrected chi connectivity index (χ4v) is 0.562. The average Bonchev–Trinajstić information content (AvgIpc) is 1.83. The molecule has 0 atom stereocenters. The molecule has 0 unspecified atom stereocenters. The molecular weight excluding hydrogens is 165 g/mol. The number of hydrogen-bond donors (Lipinski definition) is 4. The van der Waals surface area contributed by atoms with Gasteiger partial charge in [0.2, 0.25) is 0 Å². The second-order valence-corrected chi connectivity index (χ2v) is 2.76. The maximum absolute atomic E-state index is 10.1. The molecule has 0 fully saturated rings. The lowest BCUT2D eigenvalue weighted by Crippen LogP contribution is -2.26. The van der Waals surface area contributed by atoms with E-state index >= 15 is 0 Å². The van der Waals surface area contributed by atoms with E-state index in [9.17, 15) is 9.36 Å². The van der Waals surface area contributed by atoms with Crippen molar-refractivity contribution in [2.24, 2.45) is 0 Å². The molecule has 0 aliphatic carbocycles. The van der Waals surface area contributed by atoms with E-state index in [0.29, 0.717) is 0 Å². The first-order valence-electron chi connectivity index (χ1n) is 2.08. The Bertz CT molecular complexity index is 173. The Kier molecular flexibility index (Phi) is 2.95. The number of hydrogen-bond acceptors (Lipinski definition) is 4. The molecule has 0 spiro atoms. The van der Waals surface area contributed by atoms with Crippen LogP contribution in [0.1, 0.15) is 0 Å². The van der Waals surface area contributed by atoms with Gasteiger partial charge < -0.3 is 14.9 Å². The third kappa shape index (κ3) is 2.42. The van der Waals surface area contributed by atoms with Crippen LogP contribution in [-0.4, -0.2) is 37.4 Å². The van der Waals surface area contributed by atoms with Crippen LogP contribution < -0.4 is 0 Å². The molecule has 0 saturated heterocycles. The molecule has 4 N–H and O–H groups in total. The molecule has 7 nitrogen and oxygen atoms in total. The average molecular weight is 171 g/mol. The Labute approximate surface area is 55.7 Å². The number of aliphatic hydroxyl groups excluding tert-OH is 1. The fourth-order valence-electron chi connectivity index (χ4n) is 0.209. The normalized spacial score (nSPS) is 11.2. The number of rotatable bonds is 2. The minimum atomic E-state index is -4.95. The van der Waals surface area contributed by atoms with Crippen LogP contribution in [-0.2, 0) is 9.36 Å². The summed E-state index contributed by atoms with van der Waals surface area (Å²) >= 11 is 0. The number of aliphatic hydroxyl groups is 1. The topological polar surface area (TPSA) is 118 Å². The maximum atomic E-state index is 10.1. The van der Waals surface area contributed by atoms with Gasteiger partial charge in [-0.2, -0.15) is 0 Å². The smallest absolute Gasteiger partial charge is 0.386 e. The van der Waals surface area contributed by atoms with Gasteiger partial charge in [0.25, 0.3) is 5.91 Å². The second-order valence-electron chi connectivity index (χ2n) is 1.35. The van der Waals surface area contributed by atoms with Crippen LogP contribution >= 0.6 is 7.75 Å². The molecule has 0 aliphatic rings. The van der Waals surface area contributed by atoms with E-state index in [-0.39, 0.29) is 0 Å². The van der Waals surface area contributed by atoms with Gasteiger partial charge in [0.05, 0.1) is 0 Å². The summed E-state index contributed by atoms with van der Waals surface area (Å²) < 4.78 is 9.97. The molecule has 0 bridgehead atoms. The summed E-state index contributed by atoms with van der Waals surface area (Å²) in [5.74, 6) is -1.45. The van der Waals surface area contributed by atoms with Crippen molar-refractivity contribution in [2.75, 3.05) is 6.61 Å². The zero-order valence-corrected chi connectivity index (χ0v) is 5.60. The third-order valence-electron chi connectivity index (χ3n) is 0.605. The molecule has 60 valence electrons. The van der Waals surface area contributed by atoms with Gasteiger partial charge in [-0.1, -0.05) is 0 Å². The zero-order chi connectivity index (χ0) is 8.36. The summed E-state index contributed by atoms with van der Waals surface area (Å²) in [5, 5.41) is 16.2. The van der Waals surface area contributed by atoms with Crippen LogP contribution in [0, 0.1) is 0 Å². The SMILES string of the molecule is O=C(CO)N(O)P(=O)(O)O. The third-order valence-corrected chi connectivity index (χ3v) is 1.32. The lowest BCUT2D eigenvalue weighted by Gasteiger charge is -2.13. The summed E-state index contributed by atoms with van der Waals surface area (Å²) in [6.07, 6.45) is 0. The van der Waals surface area contributed by atoms with Crippen molar-refractivity contribution in [3.8, 4) is 0 Å². The summed E-state index contributed by atoms with van der Waals surface area (Å²) in [5.41, 5.74) is 0.